The SMILES string of the molecule is O=C(CC1(O)CCCOC1)Nc1cccc(-c2cn3cccnc3n2)c1. The molecule has 0 saturated carbocycles. The minimum absolute atomic E-state index is 0.0233. The summed E-state index contributed by atoms with van der Waals surface area (Å²) < 4.78 is 7.14. The lowest BCUT2D eigenvalue weighted by atomic mass is 9.92. The molecule has 1 aliphatic rings. The van der Waals surface area contributed by atoms with E-state index in [4.69, 9.17) is 4.74 Å². The van der Waals surface area contributed by atoms with Crippen molar-refractivity contribution >= 4 is 17.4 Å². The number of nitrogens with zero attached hydrogens (tertiary/aromatic N) is 3. The molecule has 1 amide bonds. The molecule has 1 fully saturated rings. The first-order chi connectivity index (χ1) is 12.6. The van der Waals surface area contributed by atoms with Crippen LogP contribution in [0, 0.1) is 0 Å². The number of anilines is 1. The number of carbonyl (C=O) groups is 1. The highest BCUT2D eigenvalue weighted by Gasteiger charge is 2.32. The van der Waals surface area contributed by atoms with Gasteiger partial charge in [-0.15, -0.1) is 0 Å². The monoisotopic (exact) mass is 352 g/mol. The number of aromatic nitrogens is 3. The van der Waals surface area contributed by atoms with E-state index in [1.807, 2.05) is 47.1 Å². The van der Waals surface area contributed by atoms with Crippen LogP contribution in [0.5, 0.6) is 0 Å². The van der Waals surface area contributed by atoms with E-state index in [0.29, 0.717) is 24.5 Å². The molecule has 1 aliphatic heterocycles. The molecular weight excluding hydrogens is 332 g/mol. The molecule has 0 bridgehead atoms. The van der Waals surface area contributed by atoms with Gasteiger partial charge in [0, 0.05) is 36.4 Å². The van der Waals surface area contributed by atoms with Gasteiger partial charge >= 0.3 is 0 Å². The Morgan fingerprint density at radius 2 is 2.31 bits per heavy atom. The fourth-order valence-corrected chi connectivity index (χ4v) is 3.21. The maximum atomic E-state index is 12.3. The minimum atomic E-state index is -1.08. The van der Waals surface area contributed by atoms with Crippen molar-refractivity contribution in [3.8, 4) is 11.3 Å². The number of hydrogen-bond donors (Lipinski definition) is 2. The normalized spacial score (nSPS) is 20.2. The zero-order valence-electron chi connectivity index (χ0n) is 14.3. The largest absolute Gasteiger partial charge is 0.387 e. The van der Waals surface area contributed by atoms with Gasteiger partial charge in [0.05, 0.1) is 24.3 Å². The average molecular weight is 352 g/mol. The Morgan fingerprint density at radius 3 is 3.12 bits per heavy atom. The van der Waals surface area contributed by atoms with Crippen LogP contribution in [-0.2, 0) is 9.53 Å². The number of nitrogens with one attached hydrogen (secondary N) is 1. The third-order valence-corrected chi connectivity index (χ3v) is 4.47. The summed E-state index contributed by atoms with van der Waals surface area (Å²) >= 11 is 0. The summed E-state index contributed by atoms with van der Waals surface area (Å²) in [5, 5.41) is 13.3. The molecule has 0 aliphatic carbocycles. The number of hydrogen-bond acceptors (Lipinski definition) is 5. The molecule has 0 radical (unpaired) electrons. The smallest absolute Gasteiger partial charge is 0.234 e. The Hall–Kier alpha value is -2.77. The van der Waals surface area contributed by atoms with Gasteiger partial charge in [-0.2, -0.15) is 0 Å². The molecule has 0 spiro atoms. The van der Waals surface area contributed by atoms with E-state index in [1.165, 1.54) is 0 Å². The maximum absolute atomic E-state index is 12.3. The first kappa shape index (κ1) is 16.7. The highest BCUT2D eigenvalue weighted by atomic mass is 16.5. The zero-order valence-corrected chi connectivity index (χ0v) is 14.3. The number of amides is 1. The van der Waals surface area contributed by atoms with Crippen LogP contribution in [0.2, 0.25) is 0 Å². The summed E-state index contributed by atoms with van der Waals surface area (Å²) in [5.41, 5.74) is 1.25. The molecule has 2 aromatic heterocycles. The molecular formula is C19H20N4O3. The second-order valence-corrected chi connectivity index (χ2v) is 6.64. The zero-order chi connectivity index (χ0) is 18.0. The van der Waals surface area contributed by atoms with Gasteiger partial charge in [0.1, 0.15) is 0 Å². The highest BCUT2D eigenvalue weighted by Crippen LogP contribution is 2.25. The van der Waals surface area contributed by atoms with Gasteiger partial charge in [0.25, 0.3) is 0 Å². The van der Waals surface area contributed by atoms with Crippen molar-refractivity contribution < 1.29 is 14.6 Å². The van der Waals surface area contributed by atoms with Crippen LogP contribution in [0.25, 0.3) is 17.0 Å². The molecule has 1 unspecified atom stereocenters. The van der Waals surface area contributed by atoms with Crippen molar-refractivity contribution in [2.24, 2.45) is 0 Å². The molecule has 1 atom stereocenters. The van der Waals surface area contributed by atoms with Crippen LogP contribution in [0.15, 0.2) is 48.9 Å². The maximum Gasteiger partial charge on any atom is 0.234 e. The molecule has 3 aromatic rings. The Morgan fingerprint density at radius 1 is 1.38 bits per heavy atom. The van der Waals surface area contributed by atoms with Crippen LogP contribution in [0.1, 0.15) is 19.3 Å². The standard InChI is InChI=1S/C19H20N4O3/c24-17(11-19(25)6-2-9-26-13-19)21-15-5-1-4-14(10-15)16-12-23-8-3-7-20-18(23)22-16/h1,3-5,7-8,10,12,25H,2,6,9,11,13H2,(H,21,24). The van der Waals surface area contributed by atoms with E-state index in [9.17, 15) is 9.90 Å². The fraction of sp³-hybridized carbons (Fsp3) is 0.316. The van der Waals surface area contributed by atoms with Gasteiger partial charge in [-0.1, -0.05) is 12.1 Å². The molecule has 2 N–H and O–H groups in total. The Bertz CT molecular complexity index is 898. The van der Waals surface area contributed by atoms with E-state index in [1.54, 1.807) is 6.20 Å². The van der Waals surface area contributed by atoms with Crippen molar-refractivity contribution in [3.05, 3.63) is 48.9 Å². The number of benzene rings is 1. The minimum Gasteiger partial charge on any atom is -0.387 e. The van der Waals surface area contributed by atoms with Crippen LogP contribution < -0.4 is 5.32 Å². The molecule has 26 heavy (non-hydrogen) atoms. The first-order valence-electron chi connectivity index (χ1n) is 8.62. The van der Waals surface area contributed by atoms with Crippen LogP contribution in [0.4, 0.5) is 5.69 Å². The van der Waals surface area contributed by atoms with Crippen molar-refractivity contribution in [2.45, 2.75) is 24.9 Å². The van der Waals surface area contributed by atoms with Crippen molar-refractivity contribution in [1.82, 2.24) is 14.4 Å². The molecule has 4 rings (SSSR count). The van der Waals surface area contributed by atoms with Gasteiger partial charge in [0.2, 0.25) is 11.7 Å². The number of carbonyl (C=O) groups excluding carboxylic acids is 1. The number of rotatable bonds is 4. The van der Waals surface area contributed by atoms with E-state index >= 15 is 0 Å². The van der Waals surface area contributed by atoms with E-state index in [0.717, 1.165) is 17.7 Å². The summed E-state index contributed by atoms with van der Waals surface area (Å²) in [4.78, 5) is 21.0. The number of aliphatic hydroxyl groups is 1. The molecule has 134 valence electrons. The quantitative estimate of drug-likeness (QED) is 0.752. The molecule has 7 nitrogen and oxygen atoms in total. The lowest BCUT2D eigenvalue weighted by molar-refractivity contribution is -0.129. The third kappa shape index (κ3) is 3.58. The molecule has 7 heteroatoms. The van der Waals surface area contributed by atoms with Crippen molar-refractivity contribution in [1.29, 1.82) is 0 Å². The summed E-state index contributed by atoms with van der Waals surface area (Å²) in [7, 11) is 0. The lowest BCUT2D eigenvalue weighted by Crippen LogP contribution is -2.41. The van der Waals surface area contributed by atoms with E-state index < -0.39 is 5.60 Å². The lowest BCUT2D eigenvalue weighted by Gasteiger charge is -2.31. The first-order valence-corrected chi connectivity index (χ1v) is 8.62. The number of imidazole rings is 1. The van der Waals surface area contributed by atoms with Gasteiger partial charge in [-0.3, -0.25) is 9.20 Å². The topological polar surface area (TPSA) is 88.8 Å². The number of fused-ring (bicyclic) bond motifs is 1. The Kier molecular flexibility index (Phi) is 4.40. The summed E-state index contributed by atoms with van der Waals surface area (Å²) in [6.45, 7) is 0.842. The Balaban J connectivity index is 1.49. The van der Waals surface area contributed by atoms with Crippen LogP contribution >= 0.6 is 0 Å². The molecule has 1 saturated heterocycles. The van der Waals surface area contributed by atoms with Gasteiger partial charge in [-0.25, -0.2) is 9.97 Å². The third-order valence-electron chi connectivity index (χ3n) is 4.47. The summed E-state index contributed by atoms with van der Waals surface area (Å²) in [5.74, 6) is 0.392. The highest BCUT2D eigenvalue weighted by molar-refractivity contribution is 5.92. The average Bonchev–Trinajstić information content (AvgIpc) is 3.06. The predicted octanol–water partition coefficient (Wildman–Crippen LogP) is 2.27. The number of ether oxygens (including phenoxy) is 1. The second-order valence-electron chi connectivity index (χ2n) is 6.64. The second kappa shape index (κ2) is 6.86. The van der Waals surface area contributed by atoms with Crippen molar-refractivity contribution in [3.63, 3.8) is 0 Å². The fourth-order valence-electron chi connectivity index (χ4n) is 3.21. The molecule has 1 aromatic carbocycles. The van der Waals surface area contributed by atoms with Gasteiger partial charge < -0.3 is 15.2 Å². The van der Waals surface area contributed by atoms with Gasteiger partial charge in [0.15, 0.2) is 0 Å². The van der Waals surface area contributed by atoms with Crippen molar-refractivity contribution in [2.75, 3.05) is 18.5 Å². The van der Waals surface area contributed by atoms with Gasteiger partial charge in [-0.05, 0) is 31.0 Å². The van der Waals surface area contributed by atoms with E-state index in [2.05, 4.69) is 15.3 Å². The molecule has 3 heterocycles. The van der Waals surface area contributed by atoms with Crippen LogP contribution in [0.3, 0.4) is 0 Å². The predicted molar refractivity (Wildman–Crippen MR) is 96.7 cm³/mol. The van der Waals surface area contributed by atoms with Crippen LogP contribution in [-0.4, -0.2) is 44.2 Å². The van der Waals surface area contributed by atoms with E-state index in [-0.39, 0.29) is 18.9 Å². The Labute approximate surface area is 150 Å². The summed E-state index contributed by atoms with van der Waals surface area (Å²) in [6.07, 6.45) is 6.84. The summed E-state index contributed by atoms with van der Waals surface area (Å²) in [6, 6.07) is 9.31.